The van der Waals surface area contributed by atoms with Gasteiger partial charge in [-0.05, 0) is 29.8 Å². The summed E-state index contributed by atoms with van der Waals surface area (Å²) in [5, 5.41) is 1.08. The first-order valence-electron chi connectivity index (χ1n) is 6.73. The Morgan fingerprint density at radius 2 is 2.00 bits per heavy atom. The third-order valence-corrected chi connectivity index (χ3v) is 3.32. The van der Waals surface area contributed by atoms with E-state index in [0.717, 1.165) is 16.5 Å². The van der Waals surface area contributed by atoms with Crippen LogP contribution in [0.5, 0.6) is 0 Å². The van der Waals surface area contributed by atoms with Gasteiger partial charge in [0.15, 0.2) is 0 Å². The highest BCUT2D eigenvalue weighted by molar-refractivity contribution is 5.93. The number of para-hydroxylation sites is 1. The number of benzene rings is 1. The Hall–Kier alpha value is -2.75. The van der Waals surface area contributed by atoms with E-state index >= 15 is 0 Å². The van der Waals surface area contributed by atoms with Gasteiger partial charge in [0, 0.05) is 37.6 Å². The monoisotopic (exact) mass is 277 g/mol. The summed E-state index contributed by atoms with van der Waals surface area (Å²) in [6.07, 6.45) is 5.05. The number of hydrogen-bond donors (Lipinski definition) is 0. The SMILES string of the molecule is CN(Cc1cnc2ccccc2c1)C(=O)c1cccnc1. The average molecular weight is 277 g/mol. The maximum absolute atomic E-state index is 12.3. The van der Waals surface area contributed by atoms with Crippen molar-refractivity contribution in [2.75, 3.05) is 7.05 Å². The second kappa shape index (κ2) is 5.71. The number of carbonyl (C=O) groups excluding carboxylic acids is 1. The molecular formula is C17H15N3O. The summed E-state index contributed by atoms with van der Waals surface area (Å²) in [6, 6.07) is 13.5. The third-order valence-electron chi connectivity index (χ3n) is 3.32. The Morgan fingerprint density at radius 1 is 1.14 bits per heavy atom. The van der Waals surface area contributed by atoms with Gasteiger partial charge < -0.3 is 4.90 Å². The molecule has 0 saturated heterocycles. The number of aromatic nitrogens is 2. The van der Waals surface area contributed by atoms with E-state index in [2.05, 4.69) is 16.0 Å². The first-order valence-corrected chi connectivity index (χ1v) is 6.73. The lowest BCUT2D eigenvalue weighted by Gasteiger charge is -2.17. The minimum absolute atomic E-state index is 0.0451. The van der Waals surface area contributed by atoms with Crippen molar-refractivity contribution in [2.45, 2.75) is 6.54 Å². The zero-order chi connectivity index (χ0) is 14.7. The maximum Gasteiger partial charge on any atom is 0.255 e. The van der Waals surface area contributed by atoms with Crippen molar-refractivity contribution in [2.24, 2.45) is 0 Å². The van der Waals surface area contributed by atoms with Crippen LogP contribution in [0, 0.1) is 0 Å². The molecule has 3 rings (SSSR count). The first kappa shape index (κ1) is 13.2. The van der Waals surface area contributed by atoms with Gasteiger partial charge in [-0.15, -0.1) is 0 Å². The minimum Gasteiger partial charge on any atom is -0.337 e. The number of rotatable bonds is 3. The lowest BCUT2D eigenvalue weighted by atomic mass is 10.1. The smallest absolute Gasteiger partial charge is 0.255 e. The van der Waals surface area contributed by atoms with Gasteiger partial charge in [-0.1, -0.05) is 18.2 Å². The summed E-state index contributed by atoms with van der Waals surface area (Å²) in [6.45, 7) is 0.519. The molecule has 0 atom stereocenters. The normalized spacial score (nSPS) is 10.5. The Bertz CT molecular complexity index is 771. The Labute approximate surface area is 123 Å². The molecule has 21 heavy (non-hydrogen) atoms. The van der Waals surface area contributed by atoms with Crippen molar-refractivity contribution < 1.29 is 4.79 Å². The third kappa shape index (κ3) is 2.89. The number of nitrogens with zero attached hydrogens (tertiary/aromatic N) is 3. The number of amides is 1. The summed E-state index contributed by atoms with van der Waals surface area (Å²) >= 11 is 0. The van der Waals surface area contributed by atoms with Crippen molar-refractivity contribution in [1.82, 2.24) is 14.9 Å². The van der Waals surface area contributed by atoms with E-state index in [1.165, 1.54) is 0 Å². The average Bonchev–Trinajstić information content (AvgIpc) is 2.55. The molecular weight excluding hydrogens is 262 g/mol. The van der Waals surface area contributed by atoms with E-state index < -0.39 is 0 Å². The van der Waals surface area contributed by atoms with Gasteiger partial charge in [-0.3, -0.25) is 14.8 Å². The standard InChI is InChI=1S/C17H15N3O/c1-20(17(21)15-6-4-8-18-11-15)12-13-9-14-5-2-3-7-16(14)19-10-13/h2-11H,12H2,1H3. The molecule has 0 N–H and O–H groups in total. The highest BCUT2D eigenvalue weighted by Crippen LogP contribution is 2.14. The second-order valence-electron chi connectivity index (χ2n) is 4.94. The molecule has 0 spiro atoms. The zero-order valence-electron chi connectivity index (χ0n) is 11.7. The van der Waals surface area contributed by atoms with Crippen LogP contribution in [0.15, 0.2) is 61.1 Å². The van der Waals surface area contributed by atoms with E-state index in [1.54, 1.807) is 36.5 Å². The summed E-state index contributed by atoms with van der Waals surface area (Å²) in [5.41, 5.74) is 2.56. The fraction of sp³-hybridized carbons (Fsp3) is 0.118. The molecule has 4 nitrogen and oxygen atoms in total. The number of pyridine rings is 2. The largest absolute Gasteiger partial charge is 0.337 e. The number of carbonyl (C=O) groups is 1. The van der Waals surface area contributed by atoms with Crippen LogP contribution in [0.1, 0.15) is 15.9 Å². The van der Waals surface area contributed by atoms with Gasteiger partial charge in [0.25, 0.3) is 5.91 Å². The van der Waals surface area contributed by atoms with E-state index in [0.29, 0.717) is 12.1 Å². The van der Waals surface area contributed by atoms with Gasteiger partial charge in [0.2, 0.25) is 0 Å². The van der Waals surface area contributed by atoms with Gasteiger partial charge in [-0.2, -0.15) is 0 Å². The maximum atomic E-state index is 12.3. The van der Waals surface area contributed by atoms with Crippen molar-refractivity contribution in [3.8, 4) is 0 Å². The molecule has 0 aliphatic carbocycles. The van der Waals surface area contributed by atoms with Crippen LogP contribution in [0.4, 0.5) is 0 Å². The van der Waals surface area contributed by atoms with E-state index in [1.807, 2.05) is 30.5 Å². The van der Waals surface area contributed by atoms with Crippen LogP contribution < -0.4 is 0 Å². The fourth-order valence-electron chi connectivity index (χ4n) is 2.26. The summed E-state index contributed by atoms with van der Waals surface area (Å²) < 4.78 is 0. The van der Waals surface area contributed by atoms with E-state index in [-0.39, 0.29) is 5.91 Å². The van der Waals surface area contributed by atoms with Gasteiger partial charge in [-0.25, -0.2) is 0 Å². The van der Waals surface area contributed by atoms with Crippen LogP contribution in [0.2, 0.25) is 0 Å². The molecule has 4 heteroatoms. The molecule has 2 aromatic heterocycles. The predicted molar refractivity (Wildman–Crippen MR) is 81.8 cm³/mol. The molecule has 1 amide bonds. The van der Waals surface area contributed by atoms with E-state index in [9.17, 15) is 4.79 Å². The topological polar surface area (TPSA) is 46.1 Å². The fourth-order valence-corrected chi connectivity index (χ4v) is 2.26. The van der Waals surface area contributed by atoms with Gasteiger partial charge in [0.1, 0.15) is 0 Å². The van der Waals surface area contributed by atoms with Crippen LogP contribution >= 0.6 is 0 Å². The Morgan fingerprint density at radius 3 is 2.81 bits per heavy atom. The van der Waals surface area contributed by atoms with Gasteiger partial charge >= 0.3 is 0 Å². The highest BCUT2D eigenvalue weighted by atomic mass is 16.2. The second-order valence-corrected chi connectivity index (χ2v) is 4.94. The summed E-state index contributed by atoms with van der Waals surface area (Å²) in [7, 11) is 1.78. The van der Waals surface area contributed by atoms with Crippen molar-refractivity contribution >= 4 is 16.8 Å². The quantitative estimate of drug-likeness (QED) is 0.739. The van der Waals surface area contributed by atoms with Crippen molar-refractivity contribution in [3.05, 3.63) is 72.2 Å². The van der Waals surface area contributed by atoms with Crippen molar-refractivity contribution in [1.29, 1.82) is 0 Å². The van der Waals surface area contributed by atoms with Crippen molar-refractivity contribution in [3.63, 3.8) is 0 Å². The minimum atomic E-state index is -0.0451. The molecule has 104 valence electrons. The Balaban J connectivity index is 1.80. The summed E-state index contributed by atoms with van der Waals surface area (Å²) in [4.78, 5) is 22.3. The molecule has 2 heterocycles. The lowest BCUT2D eigenvalue weighted by molar-refractivity contribution is 0.0784. The molecule has 0 radical (unpaired) electrons. The predicted octanol–water partition coefficient (Wildman–Crippen LogP) is 2.90. The zero-order valence-corrected chi connectivity index (χ0v) is 11.7. The number of hydrogen-bond acceptors (Lipinski definition) is 3. The molecule has 0 saturated carbocycles. The molecule has 0 fully saturated rings. The van der Waals surface area contributed by atoms with Crippen LogP contribution in [-0.4, -0.2) is 27.8 Å². The molecule has 0 aliphatic heterocycles. The molecule has 0 unspecified atom stereocenters. The molecule has 0 aliphatic rings. The van der Waals surface area contributed by atoms with Crippen LogP contribution in [0.25, 0.3) is 10.9 Å². The van der Waals surface area contributed by atoms with E-state index in [4.69, 9.17) is 0 Å². The summed E-state index contributed by atoms with van der Waals surface area (Å²) in [5.74, 6) is -0.0451. The molecule has 0 bridgehead atoms. The molecule has 3 aromatic rings. The number of fused-ring (bicyclic) bond motifs is 1. The van der Waals surface area contributed by atoms with Crippen LogP contribution in [0.3, 0.4) is 0 Å². The van der Waals surface area contributed by atoms with Gasteiger partial charge in [0.05, 0.1) is 11.1 Å². The molecule has 1 aromatic carbocycles. The lowest BCUT2D eigenvalue weighted by Crippen LogP contribution is -2.26. The van der Waals surface area contributed by atoms with Crippen LogP contribution in [-0.2, 0) is 6.54 Å². The first-order chi connectivity index (χ1) is 10.2. The Kier molecular flexibility index (Phi) is 3.60. The highest BCUT2D eigenvalue weighted by Gasteiger charge is 2.12.